The lowest BCUT2D eigenvalue weighted by Crippen LogP contribution is -2.27. The highest BCUT2D eigenvalue weighted by atomic mass is 19.1. The van der Waals surface area contributed by atoms with Crippen molar-refractivity contribution in [2.75, 3.05) is 13.1 Å². The molecule has 1 saturated heterocycles. The average molecular weight is 239 g/mol. The summed E-state index contributed by atoms with van der Waals surface area (Å²) in [5.74, 6) is -0.487. The summed E-state index contributed by atoms with van der Waals surface area (Å²) in [4.78, 5) is 0. The Labute approximate surface area is 101 Å². The minimum atomic E-state index is -0.421. The molecule has 1 N–H and O–H groups in total. The molecular formula is C14H19F2N. The Kier molecular flexibility index (Phi) is 3.77. The maximum Gasteiger partial charge on any atom is 0.129 e. The summed E-state index contributed by atoms with van der Waals surface area (Å²) in [7, 11) is 0. The largest absolute Gasteiger partial charge is 0.317 e. The lowest BCUT2D eigenvalue weighted by Gasteiger charge is -2.24. The Bertz CT molecular complexity index is 395. The molecule has 2 rings (SSSR count). The van der Waals surface area contributed by atoms with Crippen LogP contribution >= 0.6 is 0 Å². The zero-order valence-electron chi connectivity index (χ0n) is 10.4. The van der Waals surface area contributed by atoms with Crippen molar-refractivity contribution in [1.82, 2.24) is 5.32 Å². The Morgan fingerprint density at radius 1 is 1.12 bits per heavy atom. The van der Waals surface area contributed by atoms with Crippen LogP contribution in [0.4, 0.5) is 8.78 Å². The van der Waals surface area contributed by atoms with Gasteiger partial charge in [-0.25, -0.2) is 8.78 Å². The van der Waals surface area contributed by atoms with E-state index in [1.54, 1.807) is 6.07 Å². The minimum Gasteiger partial charge on any atom is -0.317 e. The Hall–Kier alpha value is -0.960. The van der Waals surface area contributed by atoms with Crippen LogP contribution in [0.15, 0.2) is 12.1 Å². The van der Waals surface area contributed by atoms with Gasteiger partial charge in [-0.05, 0) is 55.0 Å². The van der Waals surface area contributed by atoms with Crippen molar-refractivity contribution in [3.8, 4) is 0 Å². The van der Waals surface area contributed by atoms with Crippen molar-refractivity contribution in [1.29, 1.82) is 0 Å². The van der Waals surface area contributed by atoms with Crippen LogP contribution in [0.2, 0.25) is 0 Å². The molecule has 0 bridgehead atoms. The van der Waals surface area contributed by atoms with Gasteiger partial charge in [0.1, 0.15) is 11.6 Å². The fourth-order valence-electron chi connectivity index (χ4n) is 2.47. The minimum absolute atomic E-state index is 0.0936. The highest BCUT2D eigenvalue weighted by molar-refractivity contribution is 5.31. The van der Waals surface area contributed by atoms with E-state index in [4.69, 9.17) is 0 Å². The first kappa shape index (κ1) is 12.5. The molecule has 0 spiro atoms. The maximum absolute atomic E-state index is 13.8. The lowest BCUT2D eigenvalue weighted by molar-refractivity contribution is 0.441. The molecule has 1 aliphatic heterocycles. The third-order valence-electron chi connectivity index (χ3n) is 3.52. The number of halogens is 2. The number of nitrogens with one attached hydrogen (secondary N) is 1. The van der Waals surface area contributed by atoms with Crippen LogP contribution < -0.4 is 5.32 Å². The van der Waals surface area contributed by atoms with Crippen LogP contribution in [-0.4, -0.2) is 13.1 Å². The molecule has 1 aliphatic rings. The summed E-state index contributed by atoms with van der Waals surface area (Å²) in [6.45, 7) is 5.70. The van der Waals surface area contributed by atoms with Crippen molar-refractivity contribution in [2.24, 2.45) is 0 Å². The molecule has 0 radical (unpaired) electrons. The number of hydrogen-bond donors (Lipinski definition) is 1. The van der Waals surface area contributed by atoms with Crippen LogP contribution in [0.3, 0.4) is 0 Å². The molecule has 1 aromatic carbocycles. The smallest absolute Gasteiger partial charge is 0.129 e. The third-order valence-corrected chi connectivity index (χ3v) is 3.52. The summed E-state index contributed by atoms with van der Waals surface area (Å²) in [6, 6.07) is 2.78. The van der Waals surface area contributed by atoms with Gasteiger partial charge in [0, 0.05) is 6.07 Å². The van der Waals surface area contributed by atoms with Crippen LogP contribution in [0.25, 0.3) is 0 Å². The van der Waals surface area contributed by atoms with Gasteiger partial charge in [0.2, 0.25) is 0 Å². The predicted molar refractivity (Wildman–Crippen MR) is 65.3 cm³/mol. The first-order valence-electron chi connectivity index (χ1n) is 6.29. The van der Waals surface area contributed by atoms with Crippen LogP contribution in [0.5, 0.6) is 0 Å². The molecule has 0 amide bonds. The van der Waals surface area contributed by atoms with Gasteiger partial charge < -0.3 is 5.32 Å². The topological polar surface area (TPSA) is 12.0 Å². The second-order valence-corrected chi connectivity index (χ2v) is 5.07. The molecule has 0 unspecified atom stereocenters. The molecule has 17 heavy (non-hydrogen) atoms. The van der Waals surface area contributed by atoms with Gasteiger partial charge in [-0.2, -0.15) is 0 Å². The molecule has 0 aromatic heterocycles. The lowest BCUT2D eigenvalue weighted by atomic mass is 9.87. The molecule has 0 saturated carbocycles. The summed E-state index contributed by atoms with van der Waals surface area (Å²) < 4.78 is 27.4. The van der Waals surface area contributed by atoms with Crippen molar-refractivity contribution >= 4 is 0 Å². The fraction of sp³-hybridized carbons (Fsp3) is 0.571. The summed E-state index contributed by atoms with van der Waals surface area (Å²) in [6.07, 6.45) is 1.86. The molecule has 0 atom stereocenters. The zero-order valence-corrected chi connectivity index (χ0v) is 10.4. The van der Waals surface area contributed by atoms with Crippen molar-refractivity contribution in [2.45, 2.75) is 38.5 Å². The van der Waals surface area contributed by atoms with Crippen LogP contribution in [0.1, 0.15) is 49.7 Å². The second kappa shape index (κ2) is 5.13. The van der Waals surface area contributed by atoms with E-state index < -0.39 is 5.82 Å². The molecule has 1 nitrogen and oxygen atoms in total. The number of benzene rings is 1. The van der Waals surface area contributed by atoms with Crippen molar-refractivity contribution in [3.63, 3.8) is 0 Å². The van der Waals surface area contributed by atoms with Gasteiger partial charge in [0.25, 0.3) is 0 Å². The van der Waals surface area contributed by atoms with Crippen molar-refractivity contribution in [3.05, 3.63) is 34.9 Å². The first-order valence-corrected chi connectivity index (χ1v) is 6.29. The molecule has 0 aliphatic carbocycles. The quantitative estimate of drug-likeness (QED) is 0.832. The third kappa shape index (κ3) is 2.65. The van der Waals surface area contributed by atoms with Crippen LogP contribution in [0, 0.1) is 11.6 Å². The van der Waals surface area contributed by atoms with E-state index in [0.29, 0.717) is 11.1 Å². The predicted octanol–water partition coefficient (Wildman–Crippen LogP) is 3.56. The molecule has 1 heterocycles. The Morgan fingerprint density at radius 3 is 2.35 bits per heavy atom. The van der Waals surface area contributed by atoms with Gasteiger partial charge in [-0.3, -0.25) is 0 Å². The molecule has 3 heteroatoms. The number of piperidine rings is 1. The first-order chi connectivity index (χ1) is 8.09. The zero-order chi connectivity index (χ0) is 12.4. The highest BCUT2D eigenvalue weighted by Crippen LogP contribution is 2.31. The van der Waals surface area contributed by atoms with Gasteiger partial charge in [-0.15, -0.1) is 0 Å². The van der Waals surface area contributed by atoms with E-state index in [1.807, 2.05) is 13.8 Å². The Morgan fingerprint density at radius 2 is 1.76 bits per heavy atom. The van der Waals surface area contributed by atoms with Gasteiger partial charge in [0.15, 0.2) is 0 Å². The highest BCUT2D eigenvalue weighted by Gasteiger charge is 2.21. The van der Waals surface area contributed by atoms with E-state index >= 15 is 0 Å². The summed E-state index contributed by atoms with van der Waals surface area (Å²) >= 11 is 0. The monoisotopic (exact) mass is 239 g/mol. The molecule has 1 fully saturated rings. The van der Waals surface area contributed by atoms with E-state index in [-0.39, 0.29) is 17.7 Å². The number of rotatable bonds is 2. The van der Waals surface area contributed by atoms with Crippen LogP contribution in [-0.2, 0) is 0 Å². The molecule has 94 valence electrons. The van der Waals surface area contributed by atoms with Gasteiger partial charge in [-0.1, -0.05) is 13.8 Å². The van der Waals surface area contributed by atoms with E-state index in [2.05, 4.69) is 5.32 Å². The SMILES string of the molecule is CC(C)c1cc(C2CCNCC2)c(F)cc1F. The Balaban J connectivity index is 2.35. The van der Waals surface area contributed by atoms with Gasteiger partial charge >= 0.3 is 0 Å². The average Bonchev–Trinajstić information content (AvgIpc) is 2.29. The van der Waals surface area contributed by atoms with Gasteiger partial charge in [0.05, 0.1) is 0 Å². The van der Waals surface area contributed by atoms with E-state index in [1.165, 1.54) is 0 Å². The number of hydrogen-bond acceptors (Lipinski definition) is 1. The summed E-state index contributed by atoms with van der Waals surface area (Å²) in [5.41, 5.74) is 1.32. The normalized spacial score (nSPS) is 17.7. The van der Waals surface area contributed by atoms with E-state index in [0.717, 1.165) is 32.0 Å². The van der Waals surface area contributed by atoms with E-state index in [9.17, 15) is 8.78 Å². The molecule has 1 aromatic rings. The summed E-state index contributed by atoms with van der Waals surface area (Å²) in [5, 5.41) is 3.26. The standard InChI is InChI=1S/C14H19F2N/c1-9(2)11-7-12(14(16)8-13(11)15)10-3-5-17-6-4-10/h7-10,17H,3-6H2,1-2H3. The maximum atomic E-state index is 13.8. The van der Waals surface area contributed by atoms with Crippen molar-refractivity contribution < 1.29 is 8.78 Å². The fourth-order valence-corrected chi connectivity index (χ4v) is 2.47. The second-order valence-electron chi connectivity index (χ2n) is 5.07. The molecular weight excluding hydrogens is 220 g/mol.